The molecule has 0 amide bonds. The number of Topliss-reactive ketones (excluding diaryl/α,β-unsaturated/α-hetero) is 1. The van der Waals surface area contributed by atoms with E-state index < -0.39 is 0 Å². The smallest absolute Gasteiger partial charge is 0.328 e. The van der Waals surface area contributed by atoms with Gasteiger partial charge in [-0.25, -0.2) is 14.8 Å². The third-order valence-corrected chi connectivity index (χ3v) is 4.44. The summed E-state index contributed by atoms with van der Waals surface area (Å²) in [7, 11) is 0. The van der Waals surface area contributed by atoms with Gasteiger partial charge in [0.05, 0.1) is 5.56 Å². The number of para-hydroxylation sites is 1. The number of rotatable bonds is 7. The molecule has 142 valence electrons. The molecule has 7 heteroatoms. The van der Waals surface area contributed by atoms with E-state index in [1.54, 1.807) is 42.7 Å². The molecule has 27 heavy (non-hydrogen) atoms. The molecular weight excluding hydrogens is 346 g/mol. The molecule has 0 N–H and O–H groups in total. The van der Waals surface area contributed by atoms with Gasteiger partial charge in [-0.3, -0.25) is 4.79 Å². The second-order valence-electron chi connectivity index (χ2n) is 6.32. The van der Waals surface area contributed by atoms with Gasteiger partial charge < -0.3 is 14.4 Å². The first kappa shape index (κ1) is 18.8. The van der Waals surface area contributed by atoms with Crippen LogP contribution in [0.15, 0.2) is 42.7 Å². The maximum absolute atomic E-state index is 12.5. The Morgan fingerprint density at radius 1 is 1.11 bits per heavy atom. The molecule has 0 aliphatic carbocycles. The molecular formula is C20H23N3O4. The number of esters is 1. The van der Waals surface area contributed by atoms with Crippen molar-refractivity contribution < 1.29 is 19.1 Å². The highest BCUT2D eigenvalue weighted by atomic mass is 16.6. The number of piperidine rings is 1. The normalized spacial score (nSPS) is 16.6. The van der Waals surface area contributed by atoms with E-state index >= 15 is 0 Å². The first-order valence-corrected chi connectivity index (χ1v) is 9.10. The Balaban J connectivity index is 1.53. The zero-order valence-corrected chi connectivity index (χ0v) is 15.3. The lowest BCUT2D eigenvalue weighted by molar-refractivity contribution is -0.146. The summed E-state index contributed by atoms with van der Waals surface area (Å²) in [6, 6.07) is 8.39. The molecule has 1 fully saturated rings. The molecule has 1 aromatic heterocycles. The van der Waals surface area contributed by atoms with Crippen molar-refractivity contribution in [3.05, 3.63) is 48.3 Å². The largest absolute Gasteiger partial charge is 0.489 e. The van der Waals surface area contributed by atoms with Crippen LogP contribution in [0.5, 0.6) is 5.75 Å². The lowest BCUT2D eigenvalue weighted by Gasteiger charge is -2.33. The third kappa shape index (κ3) is 4.81. The van der Waals surface area contributed by atoms with Gasteiger partial charge in [-0.05, 0) is 44.4 Å². The van der Waals surface area contributed by atoms with E-state index in [0.29, 0.717) is 23.7 Å². The standard InChI is InChI=1S/C20H23N3O4/c1-15(24)16-7-2-3-9-18(16)26-13-14-27-19(25)17-8-4-5-12-23(17)20-21-10-6-11-22-20/h2-3,6-7,9-11,17H,4-5,8,12-14H2,1H3/t17-/m1/s1. The summed E-state index contributed by atoms with van der Waals surface area (Å²) in [6.07, 6.45) is 6.00. The van der Waals surface area contributed by atoms with Crippen LogP contribution in [0.2, 0.25) is 0 Å². The quantitative estimate of drug-likeness (QED) is 0.421. The van der Waals surface area contributed by atoms with E-state index in [1.807, 2.05) is 4.90 Å². The summed E-state index contributed by atoms with van der Waals surface area (Å²) in [4.78, 5) is 34.5. The summed E-state index contributed by atoms with van der Waals surface area (Å²) < 4.78 is 11.0. The van der Waals surface area contributed by atoms with Crippen LogP contribution >= 0.6 is 0 Å². The maximum Gasteiger partial charge on any atom is 0.328 e. The Labute approximate surface area is 158 Å². The Morgan fingerprint density at radius 2 is 1.89 bits per heavy atom. The zero-order valence-electron chi connectivity index (χ0n) is 15.3. The first-order valence-electron chi connectivity index (χ1n) is 9.10. The summed E-state index contributed by atoms with van der Waals surface area (Å²) in [6.45, 7) is 2.52. The highest BCUT2D eigenvalue weighted by molar-refractivity contribution is 5.96. The van der Waals surface area contributed by atoms with E-state index in [-0.39, 0.29) is 31.0 Å². The van der Waals surface area contributed by atoms with Crippen molar-refractivity contribution in [3.8, 4) is 5.75 Å². The lowest BCUT2D eigenvalue weighted by Crippen LogP contribution is -2.46. The topological polar surface area (TPSA) is 81.6 Å². The van der Waals surface area contributed by atoms with Crippen LogP contribution in [0.3, 0.4) is 0 Å². The van der Waals surface area contributed by atoms with E-state index in [2.05, 4.69) is 9.97 Å². The second-order valence-corrected chi connectivity index (χ2v) is 6.32. The molecule has 7 nitrogen and oxygen atoms in total. The SMILES string of the molecule is CC(=O)c1ccccc1OCCOC(=O)[C@H]1CCCCN1c1ncccn1. The van der Waals surface area contributed by atoms with Gasteiger partial charge in [-0.15, -0.1) is 0 Å². The summed E-state index contributed by atoms with van der Waals surface area (Å²) >= 11 is 0. The van der Waals surface area contributed by atoms with E-state index in [1.165, 1.54) is 6.92 Å². The predicted molar refractivity (Wildman–Crippen MR) is 99.9 cm³/mol. The van der Waals surface area contributed by atoms with Crippen molar-refractivity contribution in [1.29, 1.82) is 0 Å². The summed E-state index contributed by atoms with van der Waals surface area (Å²) in [5, 5.41) is 0. The third-order valence-electron chi connectivity index (χ3n) is 4.44. The van der Waals surface area contributed by atoms with E-state index in [9.17, 15) is 9.59 Å². The van der Waals surface area contributed by atoms with Gasteiger partial charge in [0.2, 0.25) is 5.95 Å². The average molecular weight is 369 g/mol. The summed E-state index contributed by atoms with van der Waals surface area (Å²) in [5.74, 6) is 0.678. The summed E-state index contributed by atoms with van der Waals surface area (Å²) in [5.41, 5.74) is 0.517. The Bertz CT molecular complexity index is 782. The molecule has 0 bridgehead atoms. The van der Waals surface area contributed by atoms with Crippen LogP contribution in [0.4, 0.5) is 5.95 Å². The number of carbonyl (C=O) groups is 2. The molecule has 0 saturated carbocycles. The Morgan fingerprint density at radius 3 is 2.67 bits per heavy atom. The molecule has 0 spiro atoms. The molecule has 3 rings (SSSR count). The minimum absolute atomic E-state index is 0.0664. The van der Waals surface area contributed by atoms with Crippen molar-refractivity contribution in [1.82, 2.24) is 9.97 Å². The number of carbonyl (C=O) groups excluding carboxylic acids is 2. The van der Waals surface area contributed by atoms with Gasteiger partial charge in [0.15, 0.2) is 5.78 Å². The Kier molecular flexibility index (Phi) is 6.35. The minimum Gasteiger partial charge on any atom is -0.489 e. The molecule has 1 aliphatic heterocycles. The molecule has 1 aromatic carbocycles. The van der Waals surface area contributed by atoms with Crippen LogP contribution in [-0.2, 0) is 9.53 Å². The number of nitrogens with zero attached hydrogens (tertiary/aromatic N) is 3. The number of ketones is 1. The number of hydrogen-bond acceptors (Lipinski definition) is 7. The highest BCUT2D eigenvalue weighted by Gasteiger charge is 2.31. The van der Waals surface area contributed by atoms with Crippen LogP contribution < -0.4 is 9.64 Å². The number of aromatic nitrogens is 2. The van der Waals surface area contributed by atoms with E-state index in [0.717, 1.165) is 19.4 Å². The maximum atomic E-state index is 12.5. The van der Waals surface area contributed by atoms with Crippen molar-refractivity contribution in [2.45, 2.75) is 32.2 Å². The highest BCUT2D eigenvalue weighted by Crippen LogP contribution is 2.22. The first-order chi connectivity index (χ1) is 13.2. The predicted octanol–water partition coefficient (Wildman–Crippen LogP) is 2.66. The minimum atomic E-state index is -0.384. The van der Waals surface area contributed by atoms with Gasteiger partial charge in [-0.2, -0.15) is 0 Å². The molecule has 1 saturated heterocycles. The monoisotopic (exact) mass is 369 g/mol. The van der Waals surface area contributed by atoms with Crippen LogP contribution in [0.1, 0.15) is 36.5 Å². The second kappa shape index (κ2) is 9.12. The molecule has 2 heterocycles. The number of anilines is 1. The fraction of sp³-hybridized carbons (Fsp3) is 0.400. The average Bonchev–Trinajstić information content (AvgIpc) is 2.72. The van der Waals surface area contributed by atoms with Crippen molar-refractivity contribution in [2.75, 3.05) is 24.7 Å². The van der Waals surface area contributed by atoms with E-state index in [4.69, 9.17) is 9.47 Å². The van der Waals surface area contributed by atoms with Crippen LogP contribution in [0.25, 0.3) is 0 Å². The lowest BCUT2D eigenvalue weighted by atomic mass is 10.0. The Hall–Kier alpha value is -2.96. The number of ether oxygens (including phenoxy) is 2. The molecule has 0 radical (unpaired) electrons. The fourth-order valence-corrected chi connectivity index (χ4v) is 3.13. The van der Waals surface area contributed by atoms with Crippen molar-refractivity contribution in [2.24, 2.45) is 0 Å². The van der Waals surface area contributed by atoms with Gasteiger partial charge in [0.1, 0.15) is 25.0 Å². The van der Waals surface area contributed by atoms with Crippen LogP contribution in [0, 0.1) is 0 Å². The number of hydrogen-bond donors (Lipinski definition) is 0. The van der Waals surface area contributed by atoms with Crippen LogP contribution in [-0.4, -0.2) is 47.5 Å². The van der Waals surface area contributed by atoms with Gasteiger partial charge >= 0.3 is 5.97 Å². The number of benzene rings is 1. The van der Waals surface area contributed by atoms with Gasteiger partial charge in [-0.1, -0.05) is 12.1 Å². The van der Waals surface area contributed by atoms with Gasteiger partial charge in [0.25, 0.3) is 0 Å². The van der Waals surface area contributed by atoms with Gasteiger partial charge in [0, 0.05) is 18.9 Å². The van der Waals surface area contributed by atoms with Crippen molar-refractivity contribution in [3.63, 3.8) is 0 Å². The molecule has 0 unspecified atom stereocenters. The molecule has 1 atom stereocenters. The molecule has 1 aliphatic rings. The molecule has 2 aromatic rings. The zero-order chi connectivity index (χ0) is 19.1. The fourth-order valence-electron chi connectivity index (χ4n) is 3.13. The van der Waals surface area contributed by atoms with Crippen molar-refractivity contribution >= 4 is 17.7 Å².